The number of hydrogen-bond donors (Lipinski definition) is 1. The second-order valence-electron chi connectivity index (χ2n) is 3.82. The molecule has 0 aliphatic heterocycles. The number of aromatic nitrogens is 2. The Kier molecular flexibility index (Phi) is 4.35. The third kappa shape index (κ3) is 3.47. The Morgan fingerprint density at radius 2 is 2.06 bits per heavy atom. The van der Waals surface area contributed by atoms with E-state index >= 15 is 0 Å². The van der Waals surface area contributed by atoms with Crippen LogP contribution in [0.4, 0.5) is 5.82 Å². The number of halogens is 3. The second-order valence-corrected chi connectivity index (χ2v) is 4.81. The number of carbonyl (C=O) groups excluding carboxylic acids is 1. The van der Waals surface area contributed by atoms with Crippen molar-refractivity contribution in [2.24, 2.45) is 5.41 Å². The number of nitrogens with zero attached hydrogens (tertiary/aromatic N) is 2. The fourth-order valence-electron chi connectivity index (χ4n) is 0.800. The van der Waals surface area contributed by atoms with E-state index in [9.17, 15) is 4.79 Å². The molecule has 0 radical (unpaired) electrons. The summed E-state index contributed by atoms with van der Waals surface area (Å²) in [5.41, 5.74) is -0.689. The van der Waals surface area contributed by atoms with Gasteiger partial charge in [0.1, 0.15) is 11.0 Å². The zero-order valence-electron chi connectivity index (χ0n) is 8.72. The van der Waals surface area contributed by atoms with Crippen LogP contribution in [-0.2, 0) is 4.79 Å². The lowest BCUT2D eigenvalue weighted by Gasteiger charge is -2.19. The van der Waals surface area contributed by atoms with Gasteiger partial charge in [-0.05, 0) is 25.4 Å². The maximum Gasteiger partial charge on any atom is 0.232 e. The van der Waals surface area contributed by atoms with Crippen molar-refractivity contribution in [1.29, 1.82) is 0 Å². The quantitative estimate of drug-likeness (QED) is 0.527. The van der Waals surface area contributed by atoms with E-state index in [2.05, 4.69) is 15.3 Å². The molecule has 4 nitrogen and oxygen atoms in total. The first-order chi connectivity index (χ1) is 7.35. The molecule has 1 aromatic heterocycles. The number of amides is 1. The van der Waals surface area contributed by atoms with Gasteiger partial charge in [-0.1, -0.05) is 11.6 Å². The first-order valence-electron chi connectivity index (χ1n) is 4.42. The molecule has 1 N–H and O–H groups in total. The lowest BCUT2D eigenvalue weighted by atomic mass is 9.95. The summed E-state index contributed by atoms with van der Waals surface area (Å²) in [7, 11) is 0. The average molecular weight is 283 g/mol. The monoisotopic (exact) mass is 281 g/mol. The summed E-state index contributed by atoms with van der Waals surface area (Å²) in [6.07, 6.45) is 0. The lowest BCUT2D eigenvalue weighted by Crippen LogP contribution is -2.32. The van der Waals surface area contributed by atoms with Gasteiger partial charge in [0, 0.05) is 11.9 Å². The van der Waals surface area contributed by atoms with Gasteiger partial charge < -0.3 is 5.32 Å². The van der Waals surface area contributed by atoms with E-state index in [0.717, 1.165) is 0 Å². The highest BCUT2D eigenvalue weighted by atomic mass is 35.5. The zero-order chi connectivity index (χ0) is 12.3. The van der Waals surface area contributed by atoms with Crippen LogP contribution < -0.4 is 5.32 Å². The van der Waals surface area contributed by atoms with Gasteiger partial charge in [-0.2, -0.15) is 0 Å². The van der Waals surface area contributed by atoms with Crippen molar-refractivity contribution in [3.63, 3.8) is 0 Å². The lowest BCUT2D eigenvalue weighted by molar-refractivity contribution is -0.123. The molecule has 0 fully saturated rings. The molecule has 0 saturated carbocycles. The van der Waals surface area contributed by atoms with Gasteiger partial charge in [0.25, 0.3) is 0 Å². The van der Waals surface area contributed by atoms with Crippen molar-refractivity contribution in [1.82, 2.24) is 9.97 Å². The molecule has 1 heterocycles. The van der Waals surface area contributed by atoms with E-state index < -0.39 is 5.41 Å². The maximum atomic E-state index is 11.7. The number of rotatable bonds is 3. The molecule has 16 heavy (non-hydrogen) atoms. The topological polar surface area (TPSA) is 54.9 Å². The van der Waals surface area contributed by atoms with Crippen molar-refractivity contribution in [3.8, 4) is 0 Å². The minimum atomic E-state index is -0.689. The van der Waals surface area contributed by atoms with Crippen LogP contribution in [0.25, 0.3) is 0 Å². The Balaban J connectivity index is 2.85. The molecular weight excluding hydrogens is 272 g/mol. The van der Waals surface area contributed by atoms with Crippen LogP contribution >= 0.6 is 34.8 Å². The fourth-order valence-corrected chi connectivity index (χ4v) is 1.33. The average Bonchev–Trinajstić information content (AvgIpc) is 2.15. The van der Waals surface area contributed by atoms with Crippen LogP contribution in [0.15, 0.2) is 6.07 Å². The molecule has 1 rings (SSSR count). The molecule has 0 aliphatic rings. The molecule has 0 aromatic carbocycles. The molecule has 0 spiro atoms. The van der Waals surface area contributed by atoms with Crippen molar-refractivity contribution in [3.05, 3.63) is 16.5 Å². The van der Waals surface area contributed by atoms with Gasteiger partial charge in [0.15, 0.2) is 0 Å². The maximum absolute atomic E-state index is 11.7. The Morgan fingerprint density at radius 1 is 1.44 bits per heavy atom. The third-order valence-electron chi connectivity index (χ3n) is 1.86. The predicted molar refractivity (Wildman–Crippen MR) is 65.2 cm³/mol. The highest BCUT2D eigenvalue weighted by Crippen LogP contribution is 2.21. The third-order valence-corrected chi connectivity index (χ3v) is 2.89. The molecule has 0 saturated heterocycles. The summed E-state index contributed by atoms with van der Waals surface area (Å²) in [5, 5.41) is 2.72. The van der Waals surface area contributed by atoms with Crippen molar-refractivity contribution < 1.29 is 4.79 Å². The normalized spacial score (nSPS) is 11.3. The Hall–Kier alpha value is -0.580. The molecule has 0 atom stereocenters. The largest absolute Gasteiger partial charge is 0.310 e. The van der Waals surface area contributed by atoms with Gasteiger partial charge in [-0.25, -0.2) is 9.97 Å². The molecule has 0 aliphatic carbocycles. The fraction of sp³-hybridized carbons (Fsp3) is 0.444. The smallest absolute Gasteiger partial charge is 0.232 e. The Labute approximate surface area is 108 Å². The van der Waals surface area contributed by atoms with Crippen LogP contribution in [0.3, 0.4) is 0 Å². The molecule has 0 bridgehead atoms. The highest BCUT2D eigenvalue weighted by molar-refractivity contribution is 6.32. The zero-order valence-corrected chi connectivity index (χ0v) is 11.0. The SMILES string of the molecule is CC(C)(CCl)C(=O)Nc1cc(Cl)nc(Cl)n1. The van der Waals surface area contributed by atoms with E-state index in [1.54, 1.807) is 13.8 Å². The first kappa shape index (κ1) is 13.5. The van der Waals surface area contributed by atoms with E-state index in [-0.39, 0.29) is 28.0 Å². The van der Waals surface area contributed by atoms with Crippen molar-refractivity contribution in [2.75, 3.05) is 11.2 Å². The minimum Gasteiger partial charge on any atom is -0.310 e. The number of nitrogens with one attached hydrogen (secondary N) is 1. The first-order valence-corrected chi connectivity index (χ1v) is 5.72. The van der Waals surface area contributed by atoms with Gasteiger partial charge in [-0.3, -0.25) is 4.79 Å². The molecule has 1 amide bonds. The van der Waals surface area contributed by atoms with Gasteiger partial charge in [0.2, 0.25) is 11.2 Å². The van der Waals surface area contributed by atoms with E-state index in [0.29, 0.717) is 0 Å². The predicted octanol–water partition coefficient (Wildman–Crippen LogP) is 2.99. The van der Waals surface area contributed by atoms with Gasteiger partial charge in [0.05, 0.1) is 5.41 Å². The van der Waals surface area contributed by atoms with Crippen LogP contribution in [-0.4, -0.2) is 21.8 Å². The van der Waals surface area contributed by atoms with Gasteiger partial charge in [-0.15, -0.1) is 11.6 Å². The summed E-state index contributed by atoms with van der Waals surface area (Å²) < 4.78 is 0. The molecule has 0 unspecified atom stereocenters. The minimum absolute atomic E-state index is 0.0218. The van der Waals surface area contributed by atoms with E-state index in [1.165, 1.54) is 6.07 Å². The molecule has 1 aromatic rings. The number of alkyl halides is 1. The Morgan fingerprint density at radius 3 is 2.56 bits per heavy atom. The molecular formula is C9H10Cl3N3O. The molecule has 7 heteroatoms. The summed E-state index contributed by atoms with van der Waals surface area (Å²) in [6, 6.07) is 1.41. The van der Waals surface area contributed by atoms with E-state index in [1.807, 2.05) is 0 Å². The number of hydrogen-bond acceptors (Lipinski definition) is 3. The van der Waals surface area contributed by atoms with E-state index in [4.69, 9.17) is 34.8 Å². The van der Waals surface area contributed by atoms with Crippen LogP contribution in [0.2, 0.25) is 10.4 Å². The summed E-state index contributed by atoms with van der Waals surface area (Å²) >= 11 is 16.9. The van der Waals surface area contributed by atoms with Gasteiger partial charge >= 0.3 is 0 Å². The van der Waals surface area contributed by atoms with Crippen molar-refractivity contribution >= 4 is 46.5 Å². The standard InChI is InChI=1S/C9H10Cl3N3O/c1-9(2,4-10)7(16)14-6-3-5(11)13-8(12)15-6/h3H,4H2,1-2H3,(H,13,14,15,16). The molecule has 88 valence electrons. The second kappa shape index (κ2) is 5.17. The van der Waals surface area contributed by atoms with Crippen LogP contribution in [0.5, 0.6) is 0 Å². The summed E-state index contributed by atoms with van der Waals surface area (Å²) in [4.78, 5) is 19.2. The highest BCUT2D eigenvalue weighted by Gasteiger charge is 2.26. The van der Waals surface area contributed by atoms with Crippen LogP contribution in [0, 0.1) is 5.41 Å². The Bertz CT molecular complexity index is 389. The summed E-state index contributed by atoms with van der Waals surface area (Å²) in [5.74, 6) is 0.201. The van der Waals surface area contributed by atoms with Crippen LogP contribution in [0.1, 0.15) is 13.8 Å². The number of anilines is 1. The number of carbonyl (C=O) groups is 1. The summed E-state index contributed by atoms with van der Waals surface area (Å²) in [6.45, 7) is 3.44. The van der Waals surface area contributed by atoms with Crippen molar-refractivity contribution in [2.45, 2.75) is 13.8 Å².